The zero-order chi connectivity index (χ0) is 20.1. The van der Waals surface area contributed by atoms with Gasteiger partial charge in [-0.15, -0.1) is 0 Å². The SMILES string of the molecule is CCC1=NC(=O)NC(c2cccc(O)c2)C1C(=O)OCC(=O)N1CCCCC1. The van der Waals surface area contributed by atoms with Gasteiger partial charge in [-0.1, -0.05) is 19.1 Å². The van der Waals surface area contributed by atoms with Gasteiger partial charge in [0.25, 0.3) is 5.91 Å². The molecule has 150 valence electrons. The van der Waals surface area contributed by atoms with Crippen molar-refractivity contribution in [1.29, 1.82) is 0 Å². The predicted octanol–water partition coefficient (Wildman–Crippen LogP) is 2.18. The molecule has 2 atom stereocenters. The predicted molar refractivity (Wildman–Crippen MR) is 102 cm³/mol. The van der Waals surface area contributed by atoms with Crippen LogP contribution in [0, 0.1) is 5.92 Å². The van der Waals surface area contributed by atoms with Crippen LogP contribution in [0.15, 0.2) is 29.3 Å². The number of hydrogen-bond acceptors (Lipinski definition) is 5. The molecule has 2 aliphatic rings. The van der Waals surface area contributed by atoms with E-state index in [-0.39, 0.29) is 18.3 Å². The molecule has 1 aromatic carbocycles. The van der Waals surface area contributed by atoms with Crippen molar-refractivity contribution in [1.82, 2.24) is 10.2 Å². The zero-order valence-electron chi connectivity index (χ0n) is 15.9. The highest BCUT2D eigenvalue weighted by Crippen LogP contribution is 2.30. The van der Waals surface area contributed by atoms with Gasteiger partial charge in [-0.3, -0.25) is 9.59 Å². The highest BCUT2D eigenvalue weighted by atomic mass is 16.5. The molecular weight excluding hydrogens is 362 g/mol. The summed E-state index contributed by atoms with van der Waals surface area (Å²) in [5.41, 5.74) is 0.964. The highest BCUT2D eigenvalue weighted by Gasteiger charge is 2.39. The Kier molecular flexibility index (Phi) is 6.28. The van der Waals surface area contributed by atoms with Gasteiger partial charge in [-0.05, 0) is 43.4 Å². The van der Waals surface area contributed by atoms with Gasteiger partial charge in [0, 0.05) is 18.8 Å². The van der Waals surface area contributed by atoms with Crippen molar-refractivity contribution >= 4 is 23.6 Å². The van der Waals surface area contributed by atoms with E-state index in [4.69, 9.17) is 4.74 Å². The number of carbonyl (C=O) groups excluding carboxylic acids is 3. The monoisotopic (exact) mass is 387 g/mol. The summed E-state index contributed by atoms with van der Waals surface area (Å²) in [6.07, 6.45) is 3.41. The molecule has 2 unspecified atom stereocenters. The van der Waals surface area contributed by atoms with E-state index in [1.807, 2.05) is 0 Å². The van der Waals surface area contributed by atoms with E-state index in [0.717, 1.165) is 19.3 Å². The number of likely N-dealkylation sites (tertiary alicyclic amines) is 1. The molecule has 0 aromatic heterocycles. The minimum Gasteiger partial charge on any atom is -0.508 e. The maximum Gasteiger partial charge on any atom is 0.341 e. The molecule has 0 aliphatic carbocycles. The summed E-state index contributed by atoms with van der Waals surface area (Å²) >= 11 is 0. The molecule has 0 bridgehead atoms. The Labute approximate surface area is 163 Å². The third-order valence-electron chi connectivity index (χ3n) is 5.11. The van der Waals surface area contributed by atoms with Crippen molar-refractivity contribution in [3.63, 3.8) is 0 Å². The summed E-state index contributed by atoms with van der Waals surface area (Å²) in [7, 11) is 0. The van der Waals surface area contributed by atoms with Crippen LogP contribution in [0.1, 0.15) is 44.2 Å². The molecule has 1 saturated heterocycles. The van der Waals surface area contributed by atoms with Gasteiger partial charge in [0.05, 0.1) is 6.04 Å². The summed E-state index contributed by atoms with van der Waals surface area (Å²) in [4.78, 5) is 42.7. The fourth-order valence-electron chi connectivity index (χ4n) is 3.66. The maximum atomic E-state index is 12.8. The van der Waals surface area contributed by atoms with E-state index in [0.29, 0.717) is 30.8 Å². The number of hydrogen-bond donors (Lipinski definition) is 2. The number of rotatable bonds is 5. The van der Waals surface area contributed by atoms with Gasteiger partial charge in [0.2, 0.25) is 0 Å². The van der Waals surface area contributed by atoms with Crippen LogP contribution in [-0.4, -0.2) is 53.3 Å². The molecule has 2 heterocycles. The molecule has 28 heavy (non-hydrogen) atoms. The molecule has 8 heteroatoms. The summed E-state index contributed by atoms with van der Waals surface area (Å²) in [6, 6.07) is 5.08. The van der Waals surface area contributed by atoms with Gasteiger partial charge in [0.15, 0.2) is 6.61 Å². The second kappa shape index (κ2) is 8.86. The second-order valence-corrected chi connectivity index (χ2v) is 7.01. The van der Waals surface area contributed by atoms with Gasteiger partial charge < -0.3 is 20.1 Å². The van der Waals surface area contributed by atoms with Gasteiger partial charge >= 0.3 is 12.0 Å². The first-order chi connectivity index (χ1) is 13.5. The first kappa shape index (κ1) is 19.9. The zero-order valence-corrected chi connectivity index (χ0v) is 15.9. The second-order valence-electron chi connectivity index (χ2n) is 7.01. The number of ether oxygens (including phenoxy) is 1. The third kappa shape index (κ3) is 4.49. The van der Waals surface area contributed by atoms with Crippen LogP contribution in [-0.2, 0) is 14.3 Å². The number of esters is 1. The van der Waals surface area contributed by atoms with Crippen molar-refractivity contribution in [3.8, 4) is 5.75 Å². The molecule has 2 aliphatic heterocycles. The van der Waals surface area contributed by atoms with Crippen LogP contribution in [0.25, 0.3) is 0 Å². The molecule has 3 amide bonds. The number of aliphatic imine (C=N–C) groups is 1. The molecular formula is C20H25N3O5. The Morgan fingerprint density at radius 2 is 2.04 bits per heavy atom. The minimum atomic E-state index is -0.848. The molecule has 0 saturated carbocycles. The van der Waals surface area contributed by atoms with Gasteiger partial charge in [-0.25, -0.2) is 9.79 Å². The lowest BCUT2D eigenvalue weighted by Crippen LogP contribution is -2.46. The summed E-state index contributed by atoms with van der Waals surface area (Å²) in [5, 5.41) is 12.4. The number of nitrogens with zero attached hydrogens (tertiary/aromatic N) is 2. The van der Waals surface area contributed by atoms with Crippen LogP contribution in [0.3, 0.4) is 0 Å². The van der Waals surface area contributed by atoms with Crippen LogP contribution >= 0.6 is 0 Å². The Morgan fingerprint density at radius 3 is 2.71 bits per heavy atom. The molecule has 1 fully saturated rings. The number of piperidine rings is 1. The van der Waals surface area contributed by atoms with Crippen molar-refractivity contribution < 1.29 is 24.2 Å². The maximum absolute atomic E-state index is 12.8. The largest absolute Gasteiger partial charge is 0.508 e. The smallest absolute Gasteiger partial charge is 0.341 e. The van der Waals surface area contributed by atoms with E-state index in [2.05, 4.69) is 10.3 Å². The molecule has 1 aromatic rings. The quantitative estimate of drug-likeness (QED) is 0.753. The molecule has 0 spiro atoms. The third-order valence-corrected chi connectivity index (χ3v) is 5.11. The van der Waals surface area contributed by atoms with Crippen LogP contribution in [0.5, 0.6) is 5.75 Å². The van der Waals surface area contributed by atoms with Crippen LogP contribution in [0.4, 0.5) is 4.79 Å². The topological polar surface area (TPSA) is 108 Å². The lowest BCUT2D eigenvalue weighted by atomic mass is 9.86. The molecule has 2 N–H and O–H groups in total. The van der Waals surface area contributed by atoms with Crippen molar-refractivity contribution in [3.05, 3.63) is 29.8 Å². The number of amides is 3. The average molecular weight is 387 g/mol. The van der Waals surface area contributed by atoms with Crippen molar-refractivity contribution in [2.24, 2.45) is 10.9 Å². The number of benzene rings is 1. The van der Waals surface area contributed by atoms with E-state index >= 15 is 0 Å². The number of carbonyl (C=O) groups is 3. The van der Waals surface area contributed by atoms with E-state index in [9.17, 15) is 19.5 Å². The summed E-state index contributed by atoms with van der Waals surface area (Å²) in [6.45, 7) is 2.84. The number of aromatic hydroxyl groups is 1. The molecule has 0 radical (unpaired) electrons. The first-order valence-electron chi connectivity index (χ1n) is 9.61. The number of phenols is 1. The fraction of sp³-hybridized carbons (Fsp3) is 0.500. The van der Waals surface area contributed by atoms with Gasteiger partial charge in [-0.2, -0.15) is 0 Å². The normalized spacial score (nSPS) is 22.2. The number of nitrogens with one attached hydrogen (secondary N) is 1. The van der Waals surface area contributed by atoms with Crippen molar-refractivity contribution in [2.75, 3.05) is 19.7 Å². The van der Waals surface area contributed by atoms with Crippen molar-refractivity contribution in [2.45, 2.75) is 38.6 Å². The molecule has 8 nitrogen and oxygen atoms in total. The van der Waals surface area contributed by atoms with Gasteiger partial charge in [0.1, 0.15) is 11.7 Å². The average Bonchev–Trinajstić information content (AvgIpc) is 2.71. The Bertz CT molecular complexity index is 786. The van der Waals surface area contributed by atoms with E-state index in [1.54, 1.807) is 24.0 Å². The first-order valence-corrected chi connectivity index (χ1v) is 9.61. The molecule has 3 rings (SSSR count). The summed E-state index contributed by atoms with van der Waals surface area (Å²) < 4.78 is 5.32. The van der Waals surface area contributed by atoms with E-state index in [1.165, 1.54) is 12.1 Å². The summed E-state index contributed by atoms with van der Waals surface area (Å²) in [5.74, 6) is -1.64. The van der Waals surface area contributed by atoms with Crippen LogP contribution < -0.4 is 5.32 Å². The standard InChI is InChI=1S/C20H25N3O5/c1-2-15-17(19(26)28-12-16(25)23-9-4-3-5-10-23)18(22-20(27)21-15)13-7-6-8-14(24)11-13/h6-8,11,17-18,24H,2-5,9-10,12H2,1H3,(H,22,27). The Morgan fingerprint density at radius 1 is 1.29 bits per heavy atom. The van der Waals surface area contributed by atoms with E-state index < -0.39 is 24.0 Å². The highest BCUT2D eigenvalue weighted by molar-refractivity contribution is 6.09. The van der Waals surface area contributed by atoms with Crippen LogP contribution in [0.2, 0.25) is 0 Å². The minimum absolute atomic E-state index is 0.0275. The lowest BCUT2D eigenvalue weighted by molar-refractivity contribution is -0.154. The number of urea groups is 1. The Balaban J connectivity index is 1.76. The Hall–Kier alpha value is -2.90. The lowest BCUT2D eigenvalue weighted by Gasteiger charge is -2.31. The number of phenolic OH excluding ortho intramolecular Hbond substituents is 1. The fourth-order valence-corrected chi connectivity index (χ4v) is 3.66.